The SMILES string of the molecule is O=C(NCc1ccco1)c1cn2c3c(cc(Br)cc3c1=O)CC2. The van der Waals surface area contributed by atoms with E-state index in [1.54, 1.807) is 30.7 Å². The second-order valence-electron chi connectivity index (χ2n) is 5.54. The van der Waals surface area contributed by atoms with Gasteiger partial charge in [-0.15, -0.1) is 0 Å². The first-order chi connectivity index (χ1) is 11.1. The number of amides is 1. The summed E-state index contributed by atoms with van der Waals surface area (Å²) in [6.07, 6.45) is 4.07. The lowest BCUT2D eigenvalue weighted by molar-refractivity contribution is 0.0946. The third-order valence-electron chi connectivity index (χ3n) is 4.08. The number of nitrogens with zero attached hydrogens (tertiary/aromatic N) is 1. The van der Waals surface area contributed by atoms with Crippen molar-refractivity contribution in [3.8, 4) is 0 Å². The van der Waals surface area contributed by atoms with Crippen LogP contribution < -0.4 is 10.7 Å². The normalized spacial score (nSPS) is 12.7. The van der Waals surface area contributed by atoms with Gasteiger partial charge in [0, 0.05) is 22.6 Å². The first-order valence-corrected chi connectivity index (χ1v) is 8.09. The van der Waals surface area contributed by atoms with E-state index in [1.165, 1.54) is 0 Å². The average molecular weight is 373 g/mol. The Labute approximate surface area is 140 Å². The van der Waals surface area contributed by atoms with Gasteiger partial charge >= 0.3 is 0 Å². The maximum Gasteiger partial charge on any atom is 0.257 e. The second-order valence-corrected chi connectivity index (χ2v) is 6.45. The highest BCUT2D eigenvalue weighted by atomic mass is 79.9. The van der Waals surface area contributed by atoms with Crippen molar-refractivity contribution >= 4 is 32.7 Å². The lowest BCUT2D eigenvalue weighted by atomic mass is 10.1. The first-order valence-electron chi connectivity index (χ1n) is 7.29. The Morgan fingerprint density at radius 1 is 1.39 bits per heavy atom. The van der Waals surface area contributed by atoms with Gasteiger partial charge < -0.3 is 14.3 Å². The van der Waals surface area contributed by atoms with E-state index in [-0.39, 0.29) is 23.4 Å². The summed E-state index contributed by atoms with van der Waals surface area (Å²) in [5.41, 5.74) is 1.99. The molecular weight excluding hydrogens is 360 g/mol. The molecule has 0 spiro atoms. The van der Waals surface area contributed by atoms with Crippen LogP contribution in [-0.2, 0) is 19.5 Å². The fourth-order valence-corrected chi connectivity index (χ4v) is 3.54. The molecule has 6 heteroatoms. The van der Waals surface area contributed by atoms with Gasteiger partial charge in [-0.25, -0.2) is 0 Å². The predicted molar refractivity (Wildman–Crippen MR) is 89.5 cm³/mol. The molecule has 1 aromatic carbocycles. The zero-order valence-electron chi connectivity index (χ0n) is 12.1. The lowest BCUT2D eigenvalue weighted by Gasteiger charge is -2.09. The number of pyridine rings is 1. The van der Waals surface area contributed by atoms with Crippen molar-refractivity contribution in [1.29, 1.82) is 0 Å². The van der Waals surface area contributed by atoms with Gasteiger partial charge in [0.1, 0.15) is 11.3 Å². The number of furan rings is 1. The van der Waals surface area contributed by atoms with Crippen LogP contribution in [0.4, 0.5) is 0 Å². The van der Waals surface area contributed by atoms with Crippen LogP contribution in [0.3, 0.4) is 0 Å². The highest BCUT2D eigenvalue weighted by Crippen LogP contribution is 2.28. The van der Waals surface area contributed by atoms with Gasteiger partial charge in [0.2, 0.25) is 5.43 Å². The fraction of sp³-hybridized carbons (Fsp3) is 0.176. The van der Waals surface area contributed by atoms with E-state index in [2.05, 4.69) is 21.2 Å². The minimum atomic E-state index is -0.384. The molecule has 5 nitrogen and oxygen atoms in total. The summed E-state index contributed by atoms with van der Waals surface area (Å²) in [5, 5.41) is 3.31. The Morgan fingerprint density at radius 2 is 2.26 bits per heavy atom. The average Bonchev–Trinajstić information content (AvgIpc) is 3.18. The predicted octanol–water partition coefficient (Wildman–Crippen LogP) is 2.84. The van der Waals surface area contributed by atoms with Gasteiger partial charge in [0.05, 0.1) is 18.3 Å². The third kappa shape index (κ3) is 2.39. The summed E-state index contributed by atoms with van der Waals surface area (Å²) in [5.74, 6) is 0.263. The molecule has 0 fully saturated rings. The number of benzene rings is 1. The Morgan fingerprint density at radius 3 is 3.04 bits per heavy atom. The molecular formula is C17H13BrN2O3. The summed E-state index contributed by atoms with van der Waals surface area (Å²) in [4.78, 5) is 25.1. The molecule has 4 rings (SSSR count). The monoisotopic (exact) mass is 372 g/mol. The third-order valence-corrected chi connectivity index (χ3v) is 4.54. The maximum absolute atomic E-state index is 12.7. The molecule has 0 radical (unpaired) electrons. The van der Waals surface area contributed by atoms with E-state index in [1.807, 2.05) is 10.6 Å². The van der Waals surface area contributed by atoms with Crippen LogP contribution >= 0.6 is 15.9 Å². The standard InChI is InChI=1S/C17H13BrN2O3/c18-11-6-10-3-4-20-9-14(16(21)13(7-11)15(10)20)17(22)19-8-12-2-1-5-23-12/h1-2,5-7,9H,3-4,8H2,(H,19,22). The van der Waals surface area contributed by atoms with Crippen LogP contribution in [0.2, 0.25) is 0 Å². The molecule has 0 atom stereocenters. The second kappa shape index (κ2) is 5.38. The molecule has 116 valence electrons. The summed E-state index contributed by atoms with van der Waals surface area (Å²) >= 11 is 3.44. The smallest absolute Gasteiger partial charge is 0.257 e. The number of aryl methyl sites for hydroxylation is 2. The summed E-state index contributed by atoms with van der Waals surface area (Å²) < 4.78 is 8.03. The number of carbonyl (C=O) groups is 1. The van der Waals surface area contributed by atoms with Gasteiger partial charge in [0.25, 0.3) is 5.91 Å². The molecule has 23 heavy (non-hydrogen) atoms. The van der Waals surface area contributed by atoms with Gasteiger partial charge in [-0.1, -0.05) is 15.9 Å². The molecule has 0 saturated heterocycles. The van der Waals surface area contributed by atoms with Crippen molar-refractivity contribution < 1.29 is 9.21 Å². The van der Waals surface area contributed by atoms with Crippen LogP contribution in [0.1, 0.15) is 21.7 Å². The van der Waals surface area contributed by atoms with Crippen LogP contribution in [-0.4, -0.2) is 10.5 Å². The van der Waals surface area contributed by atoms with Crippen LogP contribution in [0.15, 0.2) is 50.4 Å². The Balaban J connectivity index is 1.75. The molecule has 1 amide bonds. The van der Waals surface area contributed by atoms with Gasteiger partial charge in [-0.3, -0.25) is 9.59 Å². The Bertz CT molecular complexity index is 974. The fourth-order valence-electron chi connectivity index (χ4n) is 3.04. The van der Waals surface area contributed by atoms with Gasteiger partial charge in [-0.05, 0) is 36.2 Å². The zero-order chi connectivity index (χ0) is 16.0. The van der Waals surface area contributed by atoms with E-state index in [4.69, 9.17) is 4.42 Å². The van der Waals surface area contributed by atoms with Crippen molar-refractivity contribution in [3.05, 3.63) is 68.3 Å². The van der Waals surface area contributed by atoms with Crippen molar-refractivity contribution in [2.75, 3.05) is 0 Å². The van der Waals surface area contributed by atoms with E-state index in [9.17, 15) is 9.59 Å². The summed E-state index contributed by atoms with van der Waals surface area (Å²) in [6.45, 7) is 1.04. The number of halogens is 1. The number of aromatic nitrogens is 1. The molecule has 0 saturated carbocycles. The molecule has 2 aromatic heterocycles. The number of hydrogen-bond donors (Lipinski definition) is 1. The van der Waals surface area contributed by atoms with Gasteiger partial charge in [0.15, 0.2) is 0 Å². The highest BCUT2D eigenvalue weighted by molar-refractivity contribution is 9.10. The highest BCUT2D eigenvalue weighted by Gasteiger charge is 2.21. The minimum Gasteiger partial charge on any atom is -0.467 e. The number of nitrogens with one attached hydrogen (secondary N) is 1. The van der Waals surface area contributed by atoms with Crippen molar-refractivity contribution in [2.45, 2.75) is 19.5 Å². The number of carbonyl (C=O) groups excluding carboxylic acids is 1. The first kappa shape index (κ1) is 14.3. The summed E-state index contributed by atoms with van der Waals surface area (Å²) in [7, 11) is 0. The molecule has 1 aliphatic rings. The Kier molecular flexibility index (Phi) is 3.34. The number of rotatable bonds is 3. The molecule has 3 heterocycles. The molecule has 1 N–H and O–H groups in total. The van der Waals surface area contributed by atoms with Gasteiger partial charge in [-0.2, -0.15) is 0 Å². The lowest BCUT2D eigenvalue weighted by Crippen LogP contribution is -2.29. The van der Waals surface area contributed by atoms with E-state index in [0.29, 0.717) is 11.1 Å². The minimum absolute atomic E-state index is 0.162. The van der Waals surface area contributed by atoms with Crippen LogP contribution in [0, 0.1) is 0 Å². The van der Waals surface area contributed by atoms with Crippen molar-refractivity contribution in [3.63, 3.8) is 0 Å². The summed E-state index contributed by atoms with van der Waals surface area (Å²) in [6, 6.07) is 7.34. The zero-order valence-corrected chi connectivity index (χ0v) is 13.7. The molecule has 1 aliphatic heterocycles. The number of hydrogen-bond acceptors (Lipinski definition) is 3. The largest absolute Gasteiger partial charge is 0.467 e. The molecule has 3 aromatic rings. The van der Waals surface area contributed by atoms with E-state index >= 15 is 0 Å². The van der Waals surface area contributed by atoms with Crippen LogP contribution in [0.5, 0.6) is 0 Å². The van der Waals surface area contributed by atoms with E-state index < -0.39 is 0 Å². The Hall–Kier alpha value is -2.34. The molecule has 0 aliphatic carbocycles. The quantitative estimate of drug-likeness (QED) is 0.768. The van der Waals surface area contributed by atoms with Crippen molar-refractivity contribution in [2.24, 2.45) is 0 Å². The maximum atomic E-state index is 12.7. The topological polar surface area (TPSA) is 64.2 Å². The molecule has 0 unspecified atom stereocenters. The van der Waals surface area contributed by atoms with Crippen LogP contribution in [0.25, 0.3) is 10.9 Å². The van der Waals surface area contributed by atoms with E-state index in [0.717, 1.165) is 28.5 Å². The van der Waals surface area contributed by atoms with Crippen molar-refractivity contribution in [1.82, 2.24) is 9.88 Å². The molecule has 0 bridgehead atoms.